The molecule has 1 heterocycles. The maximum absolute atomic E-state index is 3.61. The van der Waals surface area contributed by atoms with Crippen molar-refractivity contribution in [1.29, 1.82) is 0 Å². The number of rotatable bonds is 0. The molecule has 0 fully saturated rings. The van der Waals surface area contributed by atoms with Crippen LogP contribution in [0.25, 0.3) is 8.79 Å². The number of hydrogen-bond donors (Lipinski definition) is 0. The van der Waals surface area contributed by atoms with E-state index < -0.39 is 0 Å². The molecule has 0 saturated carbocycles. The van der Waals surface area contributed by atoms with Crippen molar-refractivity contribution in [2.45, 2.75) is 6.92 Å². The van der Waals surface area contributed by atoms with E-state index in [2.05, 4.69) is 47.1 Å². The Hall–Kier alpha value is 0.230. The predicted octanol–water partition coefficient (Wildman–Crippen LogP) is 2.97. The molecule has 0 aliphatic rings. The average Bonchev–Trinajstić information content (AvgIpc) is 2.30. The van der Waals surface area contributed by atoms with E-state index >= 15 is 0 Å². The third-order valence-electron chi connectivity index (χ3n) is 1.70. The molecule has 0 atom stereocenters. The summed E-state index contributed by atoms with van der Waals surface area (Å²) in [6, 6.07) is 8.67. The van der Waals surface area contributed by atoms with Gasteiger partial charge in [-0.15, -0.1) is 0 Å². The van der Waals surface area contributed by atoms with Gasteiger partial charge in [0.15, 0.2) is 0 Å². The third-order valence-corrected chi connectivity index (χ3v) is 6.63. The second-order valence-electron chi connectivity index (χ2n) is 2.47. The van der Waals surface area contributed by atoms with Crippen LogP contribution in [0.3, 0.4) is 0 Å². The molecule has 2 rings (SSSR count). The van der Waals surface area contributed by atoms with Crippen LogP contribution in [0.4, 0.5) is 0 Å². The van der Waals surface area contributed by atoms with Gasteiger partial charge in [0, 0.05) is 0 Å². The molecule has 0 spiro atoms. The molecule has 0 unspecified atom stereocenters. The van der Waals surface area contributed by atoms with Gasteiger partial charge in [-0.1, -0.05) is 0 Å². The number of halogens is 1. The first-order chi connectivity index (χ1) is 5.29. The van der Waals surface area contributed by atoms with Gasteiger partial charge in [-0.25, -0.2) is 0 Å². The normalized spacial score (nSPS) is 10.7. The second-order valence-corrected chi connectivity index (χ2v) is 6.85. The minimum absolute atomic E-state index is 0.0215. The molecule has 0 N–H and O–H groups in total. The Balaban J connectivity index is 2.92. The van der Waals surface area contributed by atoms with Crippen LogP contribution >= 0.6 is 15.9 Å². The standard InChI is InChI=1S/C9H7BrTe/c1-6-9(10)7-4-2-3-5-8(7)11-6/h2-5H,1H3. The Kier molecular flexibility index (Phi) is 2.10. The maximum atomic E-state index is 3.61. The van der Waals surface area contributed by atoms with Gasteiger partial charge in [0.1, 0.15) is 0 Å². The van der Waals surface area contributed by atoms with E-state index in [0.29, 0.717) is 0 Å². The van der Waals surface area contributed by atoms with E-state index in [-0.39, 0.29) is 20.4 Å². The molecule has 11 heavy (non-hydrogen) atoms. The van der Waals surface area contributed by atoms with E-state index in [9.17, 15) is 0 Å². The summed E-state index contributed by atoms with van der Waals surface area (Å²) >= 11 is 3.59. The molecule has 0 radical (unpaired) electrons. The van der Waals surface area contributed by atoms with Crippen molar-refractivity contribution in [3.8, 4) is 0 Å². The van der Waals surface area contributed by atoms with Crippen LogP contribution in [-0.4, -0.2) is 20.4 Å². The molecule has 0 amide bonds. The first-order valence-electron chi connectivity index (χ1n) is 3.42. The summed E-state index contributed by atoms with van der Waals surface area (Å²) in [5.74, 6) is 0. The molecule has 0 saturated heterocycles. The monoisotopic (exact) mass is 324 g/mol. The zero-order valence-electron chi connectivity index (χ0n) is 6.10. The minimum atomic E-state index is -0.0215. The van der Waals surface area contributed by atoms with E-state index in [0.717, 1.165) is 0 Å². The van der Waals surface area contributed by atoms with E-state index in [4.69, 9.17) is 0 Å². The molecule has 0 bridgehead atoms. The van der Waals surface area contributed by atoms with Crippen LogP contribution in [0.1, 0.15) is 3.58 Å². The van der Waals surface area contributed by atoms with Crippen LogP contribution in [0.2, 0.25) is 0 Å². The first kappa shape index (κ1) is 7.86. The zero-order chi connectivity index (χ0) is 7.84. The van der Waals surface area contributed by atoms with Crippen LogP contribution in [-0.2, 0) is 0 Å². The Labute approximate surface area is 84.0 Å². The van der Waals surface area contributed by atoms with Gasteiger partial charge in [0.2, 0.25) is 0 Å². The van der Waals surface area contributed by atoms with Gasteiger partial charge in [0.05, 0.1) is 0 Å². The van der Waals surface area contributed by atoms with Gasteiger partial charge in [0.25, 0.3) is 0 Å². The summed E-state index contributed by atoms with van der Waals surface area (Å²) in [6.07, 6.45) is 0. The van der Waals surface area contributed by atoms with E-state index in [1.807, 2.05) is 0 Å². The molecular weight excluding hydrogens is 316 g/mol. The first-order valence-corrected chi connectivity index (χ1v) is 6.55. The molecule has 2 heteroatoms. The van der Waals surface area contributed by atoms with Crippen molar-refractivity contribution in [1.82, 2.24) is 0 Å². The van der Waals surface area contributed by atoms with Crippen molar-refractivity contribution >= 4 is 45.1 Å². The molecule has 0 nitrogen and oxygen atoms in total. The number of benzene rings is 1. The summed E-state index contributed by atoms with van der Waals surface area (Å²) in [7, 11) is 0. The van der Waals surface area contributed by atoms with Gasteiger partial charge in [-0.05, 0) is 0 Å². The van der Waals surface area contributed by atoms with Crippen molar-refractivity contribution in [3.63, 3.8) is 0 Å². The van der Waals surface area contributed by atoms with Crippen LogP contribution in [0.15, 0.2) is 28.7 Å². The van der Waals surface area contributed by atoms with Crippen LogP contribution in [0.5, 0.6) is 0 Å². The Bertz CT molecular complexity index is 389. The average molecular weight is 323 g/mol. The number of aryl methyl sites for hydroxylation is 1. The fourth-order valence-corrected chi connectivity index (χ4v) is 5.16. The van der Waals surface area contributed by atoms with Crippen molar-refractivity contribution in [2.75, 3.05) is 0 Å². The van der Waals surface area contributed by atoms with Gasteiger partial charge < -0.3 is 0 Å². The molecule has 0 aliphatic carbocycles. The molecule has 0 aliphatic heterocycles. The topological polar surface area (TPSA) is 0 Å². The SMILES string of the molecule is Cc1[te]c2ccccc2c1Br. The molecule has 1 aromatic heterocycles. The zero-order valence-corrected chi connectivity index (χ0v) is 10.0. The summed E-state index contributed by atoms with van der Waals surface area (Å²) in [5.41, 5.74) is 0. The van der Waals surface area contributed by atoms with Gasteiger partial charge >= 0.3 is 84.4 Å². The van der Waals surface area contributed by atoms with Gasteiger partial charge in [-0.3, -0.25) is 0 Å². The third kappa shape index (κ3) is 1.28. The molecular formula is C9H7BrTe. The molecule has 2 aromatic rings. The summed E-state index contributed by atoms with van der Waals surface area (Å²) in [4.78, 5) is 0. The van der Waals surface area contributed by atoms with Crippen LogP contribution in [0, 0.1) is 6.92 Å². The Morgan fingerprint density at radius 1 is 1.27 bits per heavy atom. The van der Waals surface area contributed by atoms with E-state index in [1.54, 1.807) is 6.98 Å². The molecule has 56 valence electrons. The van der Waals surface area contributed by atoms with Crippen molar-refractivity contribution in [2.24, 2.45) is 0 Å². The second kappa shape index (κ2) is 2.94. The molecule has 1 aromatic carbocycles. The van der Waals surface area contributed by atoms with Crippen LogP contribution < -0.4 is 0 Å². The number of fused-ring (bicyclic) bond motifs is 1. The van der Waals surface area contributed by atoms with Gasteiger partial charge in [-0.2, -0.15) is 0 Å². The quantitative estimate of drug-likeness (QED) is 0.654. The fourth-order valence-electron chi connectivity index (χ4n) is 1.14. The summed E-state index contributed by atoms with van der Waals surface area (Å²) < 4.78 is 4.48. The van der Waals surface area contributed by atoms with Crippen molar-refractivity contribution < 1.29 is 0 Å². The van der Waals surface area contributed by atoms with E-state index in [1.165, 1.54) is 9.86 Å². The number of hydrogen-bond acceptors (Lipinski definition) is 0. The summed E-state index contributed by atoms with van der Waals surface area (Å²) in [6.45, 7) is 2.23. The predicted molar refractivity (Wildman–Crippen MR) is 53.3 cm³/mol. The Morgan fingerprint density at radius 3 is 2.73 bits per heavy atom. The fraction of sp³-hybridized carbons (Fsp3) is 0.111. The Morgan fingerprint density at radius 2 is 2.00 bits per heavy atom. The summed E-state index contributed by atoms with van der Waals surface area (Å²) in [5, 5.41) is 1.42. The van der Waals surface area contributed by atoms with Crippen molar-refractivity contribution in [3.05, 3.63) is 32.3 Å².